The van der Waals surface area contributed by atoms with Crippen LogP contribution in [-0.4, -0.2) is 53.9 Å². The number of nitrogens with zero attached hydrogens (tertiary/aromatic N) is 2. The Morgan fingerprint density at radius 2 is 1.94 bits per heavy atom. The van der Waals surface area contributed by atoms with Crippen LogP contribution >= 0.6 is 11.6 Å². The average Bonchev–Trinajstić information content (AvgIpc) is 2.89. The minimum absolute atomic E-state index is 0.0138. The van der Waals surface area contributed by atoms with Gasteiger partial charge in [0.1, 0.15) is 5.82 Å². The zero-order valence-corrected chi connectivity index (χ0v) is 20.7. The third-order valence-corrected chi connectivity index (χ3v) is 6.19. The van der Waals surface area contributed by atoms with Gasteiger partial charge in [-0.05, 0) is 55.3 Å². The minimum Gasteiger partial charge on any atom is -0.394 e. The molecule has 0 spiro atoms. The standard InChI is InChI=1S/C27H30ClN5O3/c28-20-5-3-4-18(14-20)25(17-34)31-9-1-2-12-36-13-11-32-27-22-8-10-30-16-23(22)21-7-6-19(26(29)35)15-24(21)33-27/h3-8,10,14-16,25,31,34H,1-2,9,11-13,17H2,(H2,29,35)(H,32,33)/t25-/m0/s1. The topological polar surface area (TPSA) is 122 Å². The van der Waals surface area contributed by atoms with Crippen molar-refractivity contribution in [1.29, 1.82) is 0 Å². The van der Waals surface area contributed by atoms with Crippen molar-refractivity contribution in [3.05, 3.63) is 77.1 Å². The Labute approximate surface area is 214 Å². The van der Waals surface area contributed by atoms with E-state index in [1.807, 2.05) is 36.4 Å². The van der Waals surface area contributed by atoms with E-state index < -0.39 is 5.91 Å². The number of halogens is 1. The third kappa shape index (κ3) is 6.47. The van der Waals surface area contributed by atoms with Gasteiger partial charge in [0.05, 0.1) is 24.8 Å². The number of carbonyl (C=O) groups excluding carboxylic acids is 1. The van der Waals surface area contributed by atoms with E-state index in [1.54, 1.807) is 24.5 Å². The summed E-state index contributed by atoms with van der Waals surface area (Å²) >= 11 is 6.05. The van der Waals surface area contributed by atoms with E-state index in [1.165, 1.54) is 0 Å². The first kappa shape index (κ1) is 25.8. The first-order valence-corrected chi connectivity index (χ1v) is 12.3. The number of ether oxygens (including phenoxy) is 1. The van der Waals surface area contributed by atoms with Crippen molar-refractivity contribution in [2.24, 2.45) is 5.73 Å². The fourth-order valence-corrected chi connectivity index (χ4v) is 4.30. The first-order valence-electron chi connectivity index (χ1n) is 12.0. The molecule has 0 bridgehead atoms. The van der Waals surface area contributed by atoms with Gasteiger partial charge in [0.15, 0.2) is 0 Å². The summed E-state index contributed by atoms with van der Waals surface area (Å²) < 4.78 is 5.78. The van der Waals surface area contributed by atoms with Crippen LogP contribution in [0.5, 0.6) is 0 Å². The molecule has 0 fully saturated rings. The number of amides is 1. The molecule has 0 unspecified atom stereocenters. The number of hydrogen-bond donors (Lipinski definition) is 4. The Morgan fingerprint density at radius 3 is 2.75 bits per heavy atom. The Hall–Kier alpha value is -3.30. The molecule has 2 aromatic heterocycles. The summed E-state index contributed by atoms with van der Waals surface area (Å²) in [5.74, 6) is 0.227. The van der Waals surface area contributed by atoms with Crippen molar-refractivity contribution in [3.63, 3.8) is 0 Å². The van der Waals surface area contributed by atoms with Crippen LogP contribution in [0.25, 0.3) is 21.7 Å². The van der Waals surface area contributed by atoms with Gasteiger partial charge in [-0.1, -0.05) is 29.8 Å². The molecular weight excluding hydrogens is 478 g/mol. The van der Waals surface area contributed by atoms with Crippen molar-refractivity contribution in [2.75, 3.05) is 38.2 Å². The van der Waals surface area contributed by atoms with Crippen molar-refractivity contribution >= 4 is 45.0 Å². The van der Waals surface area contributed by atoms with Crippen molar-refractivity contribution in [2.45, 2.75) is 18.9 Å². The molecule has 5 N–H and O–H groups in total. The van der Waals surface area contributed by atoms with Gasteiger partial charge in [-0.2, -0.15) is 0 Å². The van der Waals surface area contributed by atoms with Gasteiger partial charge in [0, 0.05) is 52.3 Å². The van der Waals surface area contributed by atoms with Crippen LogP contribution in [0.3, 0.4) is 0 Å². The maximum Gasteiger partial charge on any atom is 0.248 e. The summed E-state index contributed by atoms with van der Waals surface area (Å²) in [5.41, 5.74) is 7.51. The fraction of sp³-hybridized carbons (Fsp3) is 0.296. The van der Waals surface area contributed by atoms with Crippen LogP contribution in [0.4, 0.5) is 5.82 Å². The highest BCUT2D eigenvalue weighted by Gasteiger charge is 2.11. The summed E-state index contributed by atoms with van der Waals surface area (Å²) in [6.07, 6.45) is 5.36. The number of nitrogens with two attached hydrogens (primary N) is 1. The number of carbonyl (C=O) groups is 1. The molecule has 0 saturated heterocycles. The van der Waals surface area contributed by atoms with E-state index in [9.17, 15) is 9.90 Å². The molecule has 9 heteroatoms. The molecule has 36 heavy (non-hydrogen) atoms. The number of nitrogens with one attached hydrogen (secondary N) is 2. The molecule has 4 aromatic rings. The largest absolute Gasteiger partial charge is 0.394 e. The van der Waals surface area contributed by atoms with E-state index in [-0.39, 0.29) is 12.6 Å². The van der Waals surface area contributed by atoms with Crippen molar-refractivity contribution in [1.82, 2.24) is 15.3 Å². The number of fused-ring (bicyclic) bond motifs is 3. The highest BCUT2D eigenvalue weighted by Crippen LogP contribution is 2.29. The number of aliphatic hydroxyl groups is 1. The zero-order valence-electron chi connectivity index (χ0n) is 19.9. The lowest BCUT2D eigenvalue weighted by molar-refractivity contribution is 0.100. The molecule has 0 aliphatic carbocycles. The number of pyridine rings is 2. The van der Waals surface area contributed by atoms with Gasteiger partial charge in [0.2, 0.25) is 5.91 Å². The number of anilines is 1. The third-order valence-electron chi connectivity index (χ3n) is 5.96. The summed E-state index contributed by atoms with van der Waals surface area (Å²) in [4.78, 5) is 20.6. The molecule has 0 saturated carbocycles. The number of aromatic nitrogens is 2. The molecule has 188 valence electrons. The molecule has 2 aromatic carbocycles. The van der Waals surface area contributed by atoms with Crippen LogP contribution in [-0.2, 0) is 4.74 Å². The van der Waals surface area contributed by atoms with E-state index >= 15 is 0 Å². The van der Waals surface area contributed by atoms with Gasteiger partial charge < -0.3 is 26.2 Å². The average molecular weight is 508 g/mol. The Balaban J connectivity index is 1.23. The fourth-order valence-electron chi connectivity index (χ4n) is 4.10. The van der Waals surface area contributed by atoms with E-state index in [0.29, 0.717) is 41.7 Å². The first-order chi connectivity index (χ1) is 17.6. The number of benzene rings is 2. The second-order valence-electron chi connectivity index (χ2n) is 8.47. The molecule has 1 amide bonds. The van der Waals surface area contributed by atoms with Gasteiger partial charge in [0.25, 0.3) is 0 Å². The summed E-state index contributed by atoms with van der Waals surface area (Å²) in [6.45, 7) is 2.55. The number of rotatable bonds is 13. The van der Waals surface area contributed by atoms with Crippen LogP contribution < -0.4 is 16.4 Å². The van der Waals surface area contributed by atoms with Gasteiger partial charge >= 0.3 is 0 Å². The zero-order chi connectivity index (χ0) is 25.3. The van der Waals surface area contributed by atoms with E-state index in [0.717, 1.165) is 41.1 Å². The Bertz CT molecular complexity index is 1330. The van der Waals surface area contributed by atoms with Gasteiger partial charge in [-0.3, -0.25) is 9.78 Å². The Morgan fingerprint density at radius 1 is 1.06 bits per heavy atom. The SMILES string of the molecule is NC(=O)c1ccc2c(c1)nc(NCCOCCCCN[C@@H](CO)c1cccc(Cl)c1)c1ccncc12. The Kier molecular flexibility index (Phi) is 9.02. The van der Waals surface area contributed by atoms with E-state index in [4.69, 9.17) is 27.1 Å². The van der Waals surface area contributed by atoms with Crippen molar-refractivity contribution < 1.29 is 14.6 Å². The minimum atomic E-state index is -0.487. The second kappa shape index (κ2) is 12.6. The number of aliphatic hydroxyl groups excluding tert-OH is 1. The number of primary amides is 1. The van der Waals surface area contributed by atoms with Crippen LogP contribution in [0.2, 0.25) is 5.02 Å². The van der Waals surface area contributed by atoms with Gasteiger partial charge in [-0.25, -0.2) is 4.98 Å². The molecule has 4 rings (SSSR count). The monoisotopic (exact) mass is 507 g/mol. The van der Waals surface area contributed by atoms with Gasteiger partial charge in [-0.15, -0.1) is 0 Å². The molecule has 0 aliphatic rings. The number of unbranched alkanes of at least 4 members (excludes halogenated alkanes) is 1. The smallest absolute Gasteiger partial charge is 0.248 e. The predicted molar refractivity (Wildman–Crippen MR) is 143 cm³/mol. The maximum atomic E-state index is 11.6. The quantitative estimate of drug-likeness (QED) is 0.159. The lowest BCUT2D eigenvalue weighted by atomic mass is 10.1. The normalized spacial score (nSPS) is 12.2. The lowest BCUT2D eigenvalue weighted by Crippen LogP contribution is -2.25. The van der Waals surface area contributed by atoms with Crippen LogP contribution in [0, 0.1) is 0 Å². The molecule has 0 radical (unpaired) electrons. The summed E-state index contributed by atoms with van der Waals surface area (Å²) in [5, 5.41) is 19.8. The molecule has 2 heterocycles. The summed E-state index contributed by atoms with van der Waals surface area (Å²) in [7, 11) is 0. The van der Waals surface area contributed by atoms with Crippen LogP contribution in [0.15, 0.2) is 60.9 Å². The molecular formula is C27H30ClN5O3. The lowest BCUT2D eigenvalue weighted by Gasteiger charge is -2.17. The van der Waals surface area contributed by atoms with Crippen LogP contribution in [0.1, 0.15) is 34.8 Å². The van der Waals surface area contributed by atoms with E-state index in [2.05, 4.69) is 15.6 Å². The van der Waals surface area contributed by atoms with Crippen molar-refractivity contribution in [3.8, 4) is 0 Å². The maximum absolute atomic E-state index is 11.6. The molecule has 0 aliphatic heterocycles. The highest BCUT2D eigenvalue weighted by molar-refractivity contribution is 6.30. The summed E-state index contributed by atoms with van der Waals surface area (Å²) in [6, 6.07) is 14.6. The molecule has 8 nitrogen and oxygen atoms in total. The predicted octanol–water partition coefficient (Wildman–Crippen LogP) is 4.07. The second-order valence-corrected chi connectivity index (χ2v) is 8.90. The molecule has 1 atom stereocenters. The number of hydrogen-bond acceptors (Lipinski definition) is 7. The highest BCUT2D eigenvalue weighted by atomic mass is 35.5.